The monoisotopic (exact) mass is 156 g/mol. The minimum absolute atomic E-state index is 0.147. The van der Waals surface area contributed by atoms with Crippen LogP contribution < -0.4 is 0 Å². The van der Waals surface area contributed by atoms with Crippen LogP contribution in [0.4, 0.5) is 0 Å². The van der Waals surface area contributed by atoms with Gasteiger partial charge in [0.1, 0.15) is 0 Å². The molecule has 11 heavy (non-hydrogen) atoms. The van der Waals surface area contributed by atoms with Crippen LogP contribution in [-0.2, 0) is 9.53 Å². The summed E-state index contributed by atoms with van der Waals surface area (Å²) in [7, 11) is 0. The number of ether oxygens (including phenoxy) is 1. The fourth-order valence-electron chi connectivity index (χ4n) is 0.656. The number of carbonyl (C=O) groups is 1. The molecule has 2 heteroatoms. The van der Waals surface area contributed by atoms with Gasteiger partial charge in [-0.25, -0.2) is 0 Å². The Hall–Kier alpha value is -0.790. The highest BCUT2D eigenvalue weighted by Gasteiger charge is 2.18. The summed E-state index contributed by atoms with van der Waals surface area (Å²) in [6.07, 6.45) is 2.17. The minimum atomic E-state index is -0.155. The van der Waals surface area contributed by atoms with E-state index in [0.29, 0.717) is 13.0 Å². The predicted molar refractivity (Wildman–Crippen MR) is 45.2 cm³/mol. The minimum Gasteiger partial charge on any atom is -0.466 e. The molecule has 0 bridgehead atoms. The summed E-state index contributed by atoms with van der Waals surface area (Å²) in [5.41, 5.74) is -0.147. The maximum absolute atomic E-state index is 10.9. The van der Waals surface area contributed by atoms with Crippen LogP contribution in [0, 0.1) is 5.41 Å². The molecule has 0 saturated heterocycles. The Kier molecular flexibility index (Phi) is 3.86. The van der Waals surface area contributed by atoms with E-state index in [1.54, 1.807) is 13.0 Å². The molecule has 0 aromatic rings. The predicted octanol–water partition coefficient (Wildman–Crippen LogP) is 2.15. The van der Waals surface area contributed by atoms with Crippen LogP contribution in [0.1, 0.15) is 27.2 Å². The number of esters is 1. The standard InChI is InChI=1S/C9H16O2/c1-5-9(3,4)7-8(10)11-6-2/h5H,1,6-7H2,2-4H3. The zero-order chi connectivity index (χ0) is 8.91. The Labute approximate surface area is 68.2 Å². The molecule has 0 N–H and O–H groups in total. The first-order valence-electron chi connectivity index (χ1n) is 3.81. The quantitative estimate of drug-likeness (QED) is 0.460. The van der Waals surface area contributed by atoms with Crippen molar-refractivity contribution in [3.63, 3.8) is 0 Å². The highest BCUT2D eigenvalue weighted by Crippen LogP contribution is 2.21. The van der Waals surface area contributed by atoms with Gasteiger partial charge in [-0.3, -0.25) is 4.79 Å². The zero-order valence-corrected chi connectivity index (χ0v) is 7.52. The van der Waals surface area contributed by atoms with Crippen molar-refractivity contribution in [3.05, 3.63) is 12.7 Å². The largest absolute Gasteiger partial charge is 0.466 e. The number of hydrogen-bond acceptors (Lipinski definition) is 2. The molecule has 0 aliphatic heterocycles. The van der Waals surface area contributed by atoms with Crippen molar-refractivity contribution in [3.8, 4) is 0 Å². The van der Waals surface area contributed by atoms with Crippen LogP contribution in [0.2, 0.25) is 0 Å². The smallest absolute Gasteiger partial charge is 0.306 e. The highest BCUT2D eigenvalue weighted by atomic mass is 16.5. The average Bonchev–Trinajstić information content (AvgIpc) is 1.87. The normalized spacial score (nSPS) is 10.8. The number of carbonyl (C=O) groups excluding carboxylic acids is 1. The van der Waals surface area contributed by atoms with E-state index in [4.69, 9.17) is 4.74 Å². The third-order valence-electron chi connectivity index (χ3n) is 1.46. The van der Waals surface area contributed by atoms with E-state index in [9.17, 15) is 4.79 Å². The molecule has 2 nitrogen and oxygen atoms in total. The summed E-state index contributed by atoms with van der Waals surface area (Å²) in [6.45, 7) is 9.80. The van der Waals surface area contributed by atoms with E-state index in [1.165, 1.54) is 0 Å². The Balaban J connectivity index is 3.83. The average molecular weight is 156 g/mol. The van der Waals surface area contributed by atoms with Crippen molar-refractivity contribution in [1.29, 1.82) is 0 Å². The number of allylic oxidation sites excluding steroid dienone is 1. The van der Waals surface area contributed by atoms with Crippen LogP contribution >= 0.6 is 0 Å². The molecule has 0 unspecified atom stereocenters. The fraction of sp³-hybridized carbons (Fsp3) is 0.667. The van der Waals surface area contributed by atoms with Gasteiger partial charge >= 0.3 is 5.97 Å². The van der Waals surface area contributed by atoms with Crippen molar-refractivity contribution < 1.29 is 9.53 Å². The molecular weight excluding hydrogens is 140 g/mol. The van der Waals surface area contributed by atoms with Gasteiger partial charge in [-0.1, -0.05) is 19.9 Å². The first-order valence-corrected chi connectivity index (χ1v) is 3.81. The fourth-order valence-corrected chi connectivity index (χ4v) is 0.656. The van der Waals surface area contributed by atoms with Crippen molar-refractivity contribution >= 4 is 5.97 Å². The van der Waals surface area contributed by atoms with Gasteiger partial charge in [0.2, 0.25) is 0 Å². The first kappa shape index (κ1) is 10.2. The summed E-state index contributed by atoms with van der Waals surface area (Å²) in [5, 5.41) is 0. The van der Waals surface area contributed by atoms with Gasteiger partial charge in [0.15, 0.2) is 0 Å². The molecule has 0 atom stereocenters. The van der Waals surface area contributed by atoms with Crippen LogP contribution in [0.3, 0.4) is 0 Å². The molecule has 0 aliphatic carbocycles. The summed E-state index contributed by atoms with van der Waals surface area (Å²) in [5.74, 6) is -0.155. The molecule has 64 valence electrons. The van der Waals surface area contributed by atoms with Crippen molar-refractivity contribution in [2.24, 2.45) is 5.41 Å². The second kappa shape index (κ2) is 4.16. The zero-order valence-electron chi connectivity index (χ0n) is 7.52. The summed E-state index contributed by atoms with van der Waals surface area (Å²) < 4.78 is 4.79. The van der Waals surface area contributed by atoms with Crippen LogP contribution in [0.15, 0.2) is 12.7 Å². The molecular formula is C9H16O2. The molecule has 0 radical (unpaired) electrons. The number of hydrogen-bond donors (Lipinski definition) is 0. The first-order chi connectivity index (χ1) is 5.02. The van der Waals surface area contributed by atoms with Gasteiger partial charge < -0.3 is 4.74 Å². The molecule has 0 spiro atoms. The highest BCUT2D eigenvalue weighted by molar-refractivity contribution is 5.70. The third kappa shape index (κ3) is 4.59. The van der Waals surface area contributed by atoms with Crippen LogP contribution in [0.5, 0.6) is 0 Å². The number of rotatable bonds is 4. The van der Waals surface area contributed by atoms with Crippen molar-refractivity contribution in [2.45, 2.75) is 27.2 Å². The van der Waals surface area contributed by atoms with Gasteiger partial charge in [-0.15, -0.1) is 6.58 Å². The van der Waals surface area contributed by atoms with E-state index >= 15 is 0 Å². The van der Waals surface area contributed by atoms with Crippen molar-refractivity contribution in [1.82, 2.24) is 0 Å². The Bertz CT molecular complexity index is 148. The Morgan fingerprint density at radius 1 is 1.64 bits per heavy atom. The van der Waals surface area contributed by atoms with Gasteiger partial charge in [0, 0.05) is 0 Å². The molecule has 0 fully saturated rings. The third-order valence-corrected chi connectivity index (χ3v) is 1.46. The van der Waals surface area contributed by atoms with E-state index in [0.717, 1.165) is 0 Å². The molecule has 0 aliphatic rings. The molecule has 0 aromatic carbocycles. The van der Waals surface area contributed by atoms with E-state index in [1.807, 2.05) is 13.8 Å². The SMILES string of the molecule is C=CC(C)(C)CC(=O)OCC. The van der Waals surface area contributed by atoms with E-state index < -0.39 is 0 Å². The maximum atomic E-state index is 10.9. The Morgan fingerprint density at radius 2 is 2.18 bits per heavy atom. The topological polar surface area (TPSA) is 26.3 Å². The van der Waals surface area contributed by atoms with Gasteiger partial charge in [0.05, 0.1) is 13.0 Å². The molecule has 0 heterocycles. The molecule has 0 rings (SSSR count). The Morgan fingerprint density at radius 3 is 2.55 bits per heavy atom. The van der Waals surface area contributed by atoms with Crippen LogP contribution in [-0.4, -0.2) is 12.6 Å². The van der Waals surface area contributed by atoms with Gasteiger partial charge in [-0.05, 0) is 12.3 Å². The van der Waals surface area contributed by atoms with Gasteiger partial charge in [0.25, 0.3) is 0 Å². The molecule has 0 amide bonds. The second-order valence-electron chi connectivity index (χ2n) is 3.17. The molecule has 0 saturated carbocycles. The van der Waals surface area contributed by atoms with E-state index in [2.05, 4.69) is 6.58 Å². The second-order valence-corrected chi connectivity index (χ2v) is 3.17. The summed E-state index contributed by atoms with van der Waals surface area (Å²) in [4.78, 5) is 10.9. The summed E-state index contributed by atoms with van der Waals surface area (Å²) >= 11 is 0. The lowest BCUT2D eigenvalue weighted by molar-refractivity contribution is -0.144. The maximum Gasteiger partial charge on any atom is 0.306 e. The summed E-state index contributed by atoms with van der Waals surface area (Å²) in [6, 6.07) is 0. The lowest BCUT2D eigenvalue weighted by Gasteiger charge is -2.17. The lowest BCUT2D eigenvalue weighted by Crippen LogP contribution is -2.16. The molecule has 0 aromatic heterocycles. The van der Waals surface area contributed by atoms with Crippen molar-refractivity contribution in [2.75, 3.05) is 6.61 Å². The van der Waals surface area contributed by atoms with Crippen LogP contribution in [0.25, 0.3) is 0 Å². The van der Waals surface area contributed by atoms with Gasteiger partial charge in [-0.2, -0.15) is 0 Å². The lowest BCUT2D eigenvalue weighted by atomic mass is 9.90. The van der Waals surface area contributed by atoms with E-state index in [-0.39, 0.29) is 11.4 Å².